The summed E-state index contributed by atoms with van der Waals surface area (Å²) < 4.78 is 11.6. The van der Waals surface area contributed by atoms with Crippen LogP contribution in [0.25, 0.3) is 0 Å². The van der Waals surface area contributed by atoms with E-state index in [0.29, 0.717) is 30.9 Å². The summed E-state index contributed by atoms with van der Waals surface area (Å²) in [5.74, 6) is -0.659. The van der Waals surface area contributed by atoms with Gasteiger partial charge in [-0.05, 0) is 29.8 Å². The van der Waals surface area contributed by atoms with E-state index in [1.807, 2.05) is 29.2 Å². The molecule has 1 N–H and O–H groups in total. The molecule has 2 aromatic carbocycles. The normalized spacial score (nSPS) is 17.3. The fourth-order valence-electron chi connectivity index (χ4n) is 3.03. The van der Waals surface area contributed by atoms with E-state index in [9.17, 15) is 9.59 Å². The van der Waals surface area contributed by atoms with E-state index in [-0.39, 0.29) is 18.6 Å². The highest BCUT2D eigenvalue weighted by Crippen LogP contribution is 2.25. The van der Waals surface area contributed by atoms with Gasteiger partial charge in [-0.1, -0.05) is 40.2 Å². The summed E-state index contributed by atoms with van der Waals surface area (Å²) in [6.07, 6.45) is -0.0774. The maximum absolute atomic E-state index is 12.5. The standard InChI is InChI=1S/C20H21BrN2O4/c1-26-20(25)16-7-2-3-8-17(16)22-19(24)13-23-9-10-27-18(12-23)14-5-4-6-15(21)11-14/h2-8,11,18H,9-10,12-13H2,1H3,(H,22,24). The third-order valence-electron chi connectivity index (χ3n) is 4.34. The van der Waals surface area contributed by atoms with Gasteiger partial charge in [0, 0.05) is 17.6 Å². The van der Waals surface area contributed by atoms with E-state index < -0.39 is 5.97 Å². The second-order valence-corrected chi connectivity index (χ2v) is 7.15. The maximum Gasteiger partial charge on any atom is 0.339 e. The van der Waals surface area contributed by atoms with Crippen molar-refractivity contribution < 1.29 is 19.1 Å². The largest absolute Gasteiger partial charge is 0.465 e. The number of morpholine rings is 1. The highest BCUT2D eigenvalue weighted by atomic mass is 79.9. The van der Waals surface area contributed by atoms with Crippen LogP contribution in [0.1, 0.15) is 22.0 Å². The van der Waals surface area contributed by atoms with Gasteiger partial charge in [0.2, 0.25) is 5.91 Å². The van der Waals surface area contributed by atoms with Gasteiger partial charge in [-0.2, -0.15) is 0 Å². The van der Waals surface area contributed by atoms with Gasteiger partial charge < -0.3 is 14.8 Å². The summed E-state index contributed by atoms with van der Waals surface area (Å²) in [5.41, 5.74) is 1.86. The topological polar surface area (TPSA) is 67.9 Å². The van der Waals surface area contributed by atoms with Crippen LogP contribution in [0, 0.1) is 0 Å². The minimum Gasteiger partial charge on any atom is -0.465 e. The number of nitrogens with zero attached hydrogens (tertiary/aromatic N) is 1. The molecule has 1 aliphatic rings. The Morgan fingerprint density at radius 3 is 2.85 bits per heavy atom. The summed E-state index contributed by atoms with van der Waals surface area (Å²) in [5, 5.41) is 2.81. The Morgan fingerprint density at radius 1 is 1.26 bits per heavy atom. The molecule has 1 fully saturated rings. The molecule has 3 rings (SSSR count). The first-order valence-electron chi connectivity index (χ1n) is 8.63. The van der Waals surface area contributed by atoms with Gasteiger partial charge in [-0.3, -0.25) is 9.69 Å². The lowest BCUT2D eigenvalue weighted by atomic mass is 10.1. The molecule has 0 spiro atoms. The van der Waals surface area contributed by atoms with E-state index in [1.165, 1.54) is 7.11 Å². The van der Waals surface area contributed by atoms with Gasteiger partial charge in [-0.15, -0.1) is 0 Å². The third kappa shape index (κ3) is 5.15. The lowest BCUT2D eigenvalue weighted by molar-refractivity contribution is -0.119. The molecule has 142 valence electrons. The first-order valence-corrected chi connectivity index (χ1v) is 9.42. The number of esters is 1. The van der Waals surface area contributed by atoms with Crippen LogP contribution < -0.4 is 5.32 Å². The Kier molecular flexibility index (Phi) is 6.60. The number of benzene rings is 2. The van der Waals surface area contributed by atoms with Gasteiger partial charge >= 0.3 is 5.97 Å². The summed E-state index contributed by atoms with van der Waals surface area (Å²) in [4.78, 5) is 26.4. The minimum atomic E-state index is -0.480. The average Bonchev–Trinajstić information content (AvgIpc) is 2.68. The van der Waals surface area contributed by atoms with Crippen molar-refractivity contribution in [3.8, 4) is 0 Å². The number of carbonyl (C=O) groups excluding carboxylic acids is 2. The predicted octanol–water partition coefficient (Wildman–Crippen LogP) is 3.25. The molecule has 0 saturated carbocycles. The number of hydrogen-bond acceptors (Lipinski definition) is 5. The molecule has 1 aliphatic heterocycles. The van der Waals surface area contributed by atoms with Crippen LogP contribution >= 0.6 is 15.9 Å². The molecule has 2 aromatic rings. The minimum absolute atomic E-state index is 0.0774. The number of ether oxygens (including phenoxy) is 2. The highest BCUT2D eigenvalue weighted by molar-refractivity contribution is 9.10. The van der Waals surface area contributed by atoms with Gasteiger partial charge in [-0.25, -0.2) is 4.79 Å². The number of methoxy groups -OCH3 is 1. The Balaban J connectivity index is 1.62. The van der Waals surface area contributed by atoms with Crippen LogP contribution in [-0.2, 0) is 14.3 Å². The first-order chi connectivity index (χ1) is 13.1. The summed E-state index contributed by atoms with van der Waals surface area (Å²) >= 11 is 3.47. The summed E-state index contributed by atoms with van der Waals surface area (Å²) in [6.45, 7) is 2.09. The van der Waals surface area contributed by atoms with Crippen molar-refractivity contribution in [3.63, 3.8) is 0 Å². The van der Waals surface area contributed by atoms with Crippen LogP contribution in [-0.4, -0.2) is 50.1 Å². The van der Waals surface area contributed by atoms with Gasteiger partial charge in [0.05, 0.1) is 37.6 Å². The maximum atomic E-state index is 12.5. The zero-order valence-electron chi connectivity index (χ0n) is 15.0. The zero-order valence-corrected chi connectivity index (χ0v) is 16.6. The molecule has 0 bridgehead atoms. The van der Waals surface area contributed by atoms with Crippen molar-refractivity contribution in [1.29, 1.82) is 0 Å². The molecule has 0 aromatic heterocycles. The zero-order chi connectivity index (χ0) is 19.2. The molecule has 1 unspecified atom stereocenters. The smallest absolute Gasteiger partial charge is 0.339 e. The van der Waals surface area contributed by atoms with Crippen LogP contribution in [0.15, 0.2) is 53.0 Å². The Morgan fingerprint density at radius 2 is 2.07 bits per heavy atom. The van der Waals surface area contributed by atoms with Crippen LogP contribution in [0.3, 0.4) is 0 Å². The predicted molar refractivity (Wildman–Crippen MR) is 106 cm³/mol. The van der Waals surface area contributed by atoms with Crippen LogP contribution in [0.5, 0.6) is 0 Å². The van der Waals surface area contributed by atoms with Crippen molar-refractivity contribution >= 4 is 33.5 Å². The van der Waals surface area contributed by atoms with Crippen molar-refractivity contribution in [3.05, 3.63) is 64.1 Å². The molecule has 7 heteroatoms. The van der Waals surface area contributed by atoms with Crippen molar-refractivity contribution in [1.82, 2.24) is 4.90 Å². The van der Waals surface area contributed by atoms with Crippen molar-refractivity contribution in [2.24, 2.45) is 0 Å². The van der Waals surface area contributed by atoms with E-state index in [1.54, 1.807) is 24.3 Å². The second-order valence-electron chi connectivity index (χ2n) is 6.23. The average molecular weight is 433 g/mol. The number of para-hydroxylation sites is 1. The molecular weight excluding hydrogens is 412 g/mol. The summed E-state index contributed by atoms with van der Waals surface area (Å²) in [7, 11) is 1.32. The number of rotatable bonds is 5. The number of hydrogen-bond donors (Lipinski definition) is 1. The molecule has 27 heavy (non-hydrogen) atoms. The Bertz CT molecular complexity index is 827. The molecule has 0 aliphatic carbocycles. The lowest BCUT2D eigenvalue weighted by Gasteiger charge is -2.32. The van der Waals surface area contributed by atoms with Crippen LogP contribution in [0.4, 0.5) is 5.69 Å². The Hall–Kier alpha value is -2.22. The quantitative estimate of drug-likeness (QED) is 0.734. The molecule has 1 atom stereocenters. The van der Waals surface area contributed by atoms with Crippen molar-refractivity contribution in [2.75, 3.05) is 38.7 Å². The molecule has 6 nitrogen and oxygen atoms in total. The van der Waals surface area contributed by atoms with Crippen molar-refractivity contribution in [2.45, 2.75) is 6.10 Å². The highest BCUT2D eigenvalue weighted by Gasteiger charge is 2.24. The molecule has 0 radical (unpaired) electrons. The van der Waals surface area contributed by atoms with Gasteiger partial charge in [0.25, 0.3) is 0 Å². The molecule has 1 amide bonds. The second kappa shape index (κ2) is 9.12. The number of nitrogens with one attached hydrogen (secondary N) is 1. The number of amides is 1. The fraction of sp³-hybridized carbons (Fsp3) is 0.300. The van der Waals surface area contributed by atoms with Crippen LogP contribution in [0.2, 0.25) is 0 Å². The van der Waals surface area contributed by atoms with E-state index >= 15 is 0 Å². The number of anilines is 1. The number of halogens is 1. The van der Waals surface area contributed by atoms with E-state index in [4.69, 9.17) is 9.47 Å². The molecular formula is C20H21BrN2O4. The SMILES string of the molecule is COC(=O)c1ccccc1NC(=O)CN1CCOC(c2cccc(Br)c2)C1. The number of carbonyl (C=O) groups is 2. The van der Waals surface area contributed by atoms with E-state index in [0.717, 1.165) is 10.0 Å². The van der Waals surface area contributed by atoms with Gasteiger partial charge in [0.15, 0.2) is 0 Å². The Labute approximate surface area is 166 Å². The molecule has 1 saturated heterocycles. The lowest BCUT2D eigenvalue weighted by Crippen LogP contribution is -2.42. The summed E-state index contributed by atoms with van der Waals surface area (Å²) in [6, 6.07) is 14.8. The fourth-order valence-corrected chi connectivity index (χ4v) is 3.44. The van der Waals surface area contributed by atoms with Gasteiger partial charge in [0.1, 0.15) is 0 Å². The third-order valence-corrected chi connectivity index (χ3v) is 4.84. The first kappa shape index (κ1) is 19.5. The van der Waals surface area contributed by atoms with E-state index in [2.05, 4.69) is 21.2 Å². The molecule has 1 heterocycles. The monoisotopic (exact) mass is 432 g/mol.